The van der Waals surface area contributed by atoms with Crippen LogP contribution in [-0.2, 0) is 6.42 Å². The number of carbonyl (C=O) groups excluding carboxylic acids is 1. The topological polar surface area (TPSA) is 53.4 Å². The van der Waals surface area contributed by atoms with Crippen molar-refractivity contribution in [2.45, 2.75) is 6.42 Å². The van der Waals surface area contributed by atoms with Crippen LogP contribution in [0, 0.1) is 0 Å². The van der Waals surface area contributed by atoms with Crippen molar-refractivity contribution < 1.29 is 14.3 Å². The Morgan fingerprint density at radius 1 is 1.33 bits per heavy atom. The summed E-state index contributed by atoms with van der Waals surface area (Å²) >= 11 is 0. The highest BCUT2D eigenvalue weighted by Gasteiger charge is 2.11. The third kappa shape index (κ3) is 2.51. The van der Waals surface area contributed by atoms with Gasteiger partial charge in [-0.3, -0.25) is 9.36 Å². The van der Waals surface area contributed by atoms with Gasteiger partial charge < -0.3 is 9.47 Å². The van der Waals surface area contributed by atoms with E-state index in [2.05, 4.69) is 4.98 Å². The summed E-state index contributed by atoms with van der Waals surface area (Å²) < 4.78 is 11.8. The summed E-state index contributed by atoms with van der Waals surface area (Å²) in [6.45, 7) is 0. The van der Waals surface area contributed by atoms with Crippen LogP contribution in [0.4, 0.5) is 0 Å². The highest BCUT2D eigenvalue weighted by molar-refractivity contribution is 5.81. The van der Waals surface area contributed by atoms with Crippen molar-refractivity contribution >= 4 is 5.91 Å². The molecule has 5 heteroatoms. The summed E-state index contributed by atoms with van der Waals surface area (Å²) in [6, 6.07) is 5.39. The molecule has 18 heavy (non-hydrogen) atoms. The van der Waals surface area contributed by atoms with E-state index >= 15 is 0 Å². The molecule has 2 aromatic rings. The number of carbonyl (C=O) groups is 1. The van der Waals surface area contributed by atoms with E-state index in [1.807, 2.05) is 6.07 Å². The Labute approximate surface area is 105 Å². The largest absolute Gasteiger partial charge is 0.497 e. The lowest BCUT2D eigenvalue weighted by atomic mass is 10.1. The second kappa shape index (κ2) is 5.35. The maximum Gasteiger partial charge on any atom is 0.236 e. The summed E-state index contributed by atoms with van der Waals surface area (Å²) in [5.74, 6) is 1.28. The molecule has 0 unspecified atom stereocenters. The number of methoxy groups -OCH3 is 2. The van der Waals surface area contributed by atoms with Gasteiger partial charge in [-0.15, -0.1) is 0 Å². The molecule has 0 spiro atoms. The van der Waals surface area contributed by atoms with Crippen LogP contribution < -0.4 is 9.47 Å². The standard InChI is InChI=1S/C13H14N2O3/c1-17-11-4-3-10(12(8-11)18-2)7-13(16)15-6-5-14-9-15/h3-6,8-9H,7H2,1-2H3. The highest BCUT2D eigenvalue weighted by Crippen LogP contribution is 2.25. The van der Waals surface area contributed by atoms with Gasteiger partial charge in [0.05, 0.1) is 20.6 Å². The van der Waals surface area contributed by atoms with Crippen LogP contribution in [0.25, 0.3) is 0 Å². The molecule has 0 bridgehead atoms. The van der Waals surface area contributed by atoms with Gasteiger partial charge in [-0.25, -0.2) is 4.98 Å². The zero-order valence-electron chi connectivity index (χ0n) is 10.3. The minimum Gasteiger partial charge on any atom is -0.497 e. The molecular formula is C13H14N2O3. The lowest BCUT2D eigenvalue weighted by Gasteiger charge is -2.09. The number of imidazole rings is 1. The molecule has 0 aliphatic carbocycles. The summed E-state index contributed by atoms with van der Waals surface area (Å²) in [7, 11) is 3.16. The van der Waals surface area contributed by atoms with Gasteiger partial charge in [-0.2, -0.15) is 0 Å². The van der Waals surface area contributed by atoms with Gasteiger partial charge in [0, 0.05) is 24.0 Å². The van der Waals surface area contributed by atoms with Crippen molar-refractivity contribution in [3.8, 4) is 11.5 Å². The van der Waals surface area contributed by atoms with Gasteiger partial charge in [0.2, 0.25) is 5.91 Å². The zero-order valence-corrected chi connectivity index (χ0v) is 10.3. The van der Waals surface area contributed by atoms with Crippen molar-refractivity contribution in [2.75, 3.05) is 14.2 Å². The van der Waals surface area contributed by atoms with Crippen LogP contribution >= 0.6 is 0 Å². The van der Waals surface area contributed by atoms with Crippen molar-refractivity contribution in [2.24, 2.45) is 0 Å². The van der Waals surface area contributed by atoms with E-state index in [1.165, 1.54) is 10.9 Å². The number of benzene rings is 1. The highest BCUT2D eigenvalue weighted by atomic mass is 16.5. The molecule has 0 atom stereocenters. The third-order valence-electron chi connectivity index (χ3n) is 2.63. The van der Waals surface area contributed by atoms with Crippen molar-refractivity contribution in [3.05, 3.63) is 42.5 Å². The van der Waals surface area contributed by atoms with Crippen LogP contribution in [0.3, 0.4) is 0 Å². The lowest BCUT2D eigenvalue weighted by Crippen LogP contribution is -2.12. The first-order valence-electron chi connectivity index (χ1n) is 5.46. The number of nitrogens with zero attached hydrogens (tertiary/aromatic N) is 2. The Morgan fingerprint density at radius 3 is 2.78 bits per heavy atom. The van der Waals surface area contributed by atoms with E-state index in [-0.39, 0.29) is 12.3 Å². The SMILES string of the molecule is COc1ccc(CC(=O)n2ccnc2)c(OC)c1. The minimum atomic E-state index is -0.0593. The monoisotopic (exact) mass is 246 g/mol. The number of hydrogen-bond acceptors (Lipinski definition) is 4. The molecular weight excluding hydrogens is 232 g/mol. The minimum absolute atomic E-state index is 0.0593. The Bertz CT molecular complexity index is 535. The maximum atomic E-state index is 11.9. The fraction of sp³-hybridized carbons (Fsp3) is 0.231. The van der Waals surface area contributed by atoms with Crippen molar-refractivity contribution in [1.29, 1.82) is 0 Å². The van der Waals surface area contributed by atoms with Crippen LogP contribution in [0.5, 0.6) is 11.5 Å². The molecule has 1 aromatic carbocycles. The quantitative estimate of drug-likeness (QED) is 0.825. The Balaban J connectivity index is 2.21. The molecule has 0 saturated heterocycles. The predicted molar refractivity (Wildman–Crippen MR) is 66.1 cm³/mol. The van der Waals surface area contributed by atoms with E-state index < -0.39 is 0 Å². The normalized spacial score (nSPS) is 10.1. The van der Waals surface area contributed by atoms with E-state index in [0.717, 1.165) is 5.56 Å². The average molecular weight is 246 g/mol. The molecule has 5 nitrogen and oxygen atoms in total. The molecule has 1 aromatic heterocycles. The van der Waals surface area contributed by atoms with Gasteiger partial charge in [0.1, 0.15) is 17.8 Å². The second-order valence-electron chi connectivity index (χ2n) is 3.72. The first-order valence-corrected chi connectivity index (χ1v) is 5.46. The Morgan fingerprint density at radius 2 is 2.17 bits per heavy atom. The molecule has 0 aliphatic heterocycles. The average Bonchev–Trinajstić information content (AvgIpc) is 2.93. The fourth-order valence-electron chi connectivity index (χ4n) is 1.66. The number of hydrogen-bond donors (Lipinski definition) is 0. The second-order valence-corrected chi connectivity index (χ2v) is 3.72. The van der Waals surface area contributed by atoms with Crippen LogP contribution in [0.1, 0.15) is 10.4 Å². The molecule has 0 radical (unpaired) electrons. The first kappa shape index (κ1) is 12.2. The molecule has 0 N–H and O–H groups in total. The molecule has 1 heterocycles. The molecule has 0 saturated carbocycles. The molecule has 0 amide bonds. The van der Waals surface area contributed by atoms with Crippen molar-refractivity contribution in [3.63, 3.8) is 0 Å². The molecule has 2 rings (SSSR count). The predicted octanol–water partition coefficient (Wildman–Crippen LogP) is 1.78. The smallest absolute Gasteiger partial charge is 0.236 e. The van der Waals surface area contributed by atoms with Gasteiger partial charge >= 0.3 is 0 Å². The van der Waals surface area contributed by atoms with Crippen LogP contribution in [0.15, 0.2) is 36.9 Å². The Hall–Kier alpha value is -2.30. The van der Waals surface area contributed by atoms with Crippen LogP contribution in [-0.4, -0.2) is 29.7 Å². The fourth-order valence-corrected chi connectivity index (χ4v) is 1.66. The number of rotatable bonds is 4. The van der Waals surface area contributed by atoms with E-state index in [9.17, 15) is 4.79 Å². The third-order valence-corrected chi connectivity index (χ3v) is 2.63. The molecule has 94 valence electrons. The van der Waals surface area contributed by atoms with Gasteiger partial charge in [-0.05, 0) is 6.07 Å². The zero-order chi connectivity index (χ0) is 13.0. The number of aromatic nitrogens is 2. The van der Waals surface area contributed by atoms with Crippen LogP contribution in [0.2, 0.25) is 0 Å². The van der Waals surface area contributed by atoms with E-state index in [4.69, 9.17) is 9.47 Å². The van der Waals surface area contributed by atoms with Gasteiger partial charge in [-0.1, -0.05) is 6.07 Å². The summed E-state index contributed by atoms with van der Waals surface area (Å²) in [6.07, 6.45) is 4.93. The van der Waals surface area contributed by atoms with Gasteiger partial charge in [0.25, 0.3) is 0 Å². The lowest BCUT2D eigenvalue weighted by molar-refractivity contribution is 0.0913. The summed E-state index contributed by atoms with van der Waals surface area (Å²) in [4.78, 5) is 15.8. The van der Waals surface area contributed by atoms with E-state index in [0.29, 0.717) is 11.5 Å². The van der Waals surface area contributed by atoms with E-state index in [1.54, 1.807) is 38.7 Å². The Kier molecular flexibility index (Phi) is 3.62. The molecule has 0 aliphatic rings. The van der Waals surface area contributed by atoms with Crippen molar-refractivity contribution in [1.82, 2.24) is 9.55 Å². The van der Waals surface area contributed by atoms with Gasteiger partial charge in [0.15, 0.2) is 0 Å². The molecule has 0 fully saturated rings. The summed E-state index contributed by atoms with van der Waals surface area (Å²) in [5, 5.41) is 0. The summed E-state index contributed by atoms with van der Waals surface area (Å²) in [5.41, 5.74) is 0.817. The maximum absolute atomic E-state index is 11.9. The number of ether oxygens (including phenoxy) is 2. The first-order chi connectivity index (χ1) is 8.74.